The summed E-state index contributed by atoms with van der Waals surface area (Å²) in [5.41, 5.74) is -0.977. The normalized spacial score (nSPS) is 11.6. The fourth-order valence-electron chi connectivity index (χ4n) is 0.554. The van der Waals surface area contributed by atoms with Crippen LogP contribution in [-0.4, -0.2) is 17.3 Å². The molecule has 0 saturated heterocycles. The molecule has 0 aromatic carbocycles. The van der Waals surface area contributed by atoms with Crippen LogP contribution in [0.25, 0.3) is 0 Å². The van der Waals surface area contributed by atoms with Gasteiger partial charge < -0.3 is 4.74 Å². The molecular weight excluding hydrogens is 161 g/mol. The first kappa shape index (κ1) is 7.90. The van der Waals surface area contributed by atoms with Crippen molar-refractivity contribution in [3.8, 4) is 5.88 Å². The second-order valence-corrected chi connectivity index (χ2v) is 1.82. The van der Waals surface area contributed by atoms with Crippen LogP contribution in [0.2, 0.25) is 0 Å². The lowest BCUT2D eigenvalue weighted by atomic mass is 10.4. The number of ether oxygens (including phenoxy) is 1. The van der Waals surface area contributed by atoms with Gasteiger partial charge in [-0.1, -0.05) is 0 Å². The lowest BCUT2D eigenvalue weighted by Crippen LogP contribution is -2.04. The first-order valence-corrected chi connectivity index (χ1v) is 2.70. The Labute approximate surface area is 60.2 Å². The summed E-state index contributed by atoms with van der Waals surface area (Å²) in [4.78, 5) is 0. The number of rotatable bonds is 1. The van der Waals surface area contributed by atoms with Gasteiger partial charge in [0.25, 0.3) is 0 Å². The SMILES string of the molecule is COc1cc(C(F)(F)F)n[nH]1. The summed E-state index contributed by atoms with van der Waals surface area (Å²) in [6, 6.07) is 0.792. The number of aromatic nitrogens is 2. The summed E-state index contributed by atoms with van der Waals surface area (Å²) in [6.45, 7) is 0. The van der Waals surface area contributed by atoms with E-state index in [9.17, 15) is 13.2 Å². The average Bonchev–Trinajstić information content (AvgIpc) is 2.32. The van der Waals surface area contributed by atoms with Crippen molar-refractivity contribution in [2.75, 3.05) is 7.11 Å². The van der Waals surface area contributed by atoms with Crippen molar-refractivity contribution in [3.63, 3.8) is 0 Å². The van der Waals surface area contributed by atoms with Gasteiger partial charge in [-0.2, -0.15) is 18.3 Å². The van der Waals surface area contributed by atoms with E-state index in [4.69, 9.17) is 0 Å². The van der Waals surface area contributed by atoms with Crippen molar-refractivity contribution in [1.29, 1.82) is 0 Å². The van der Waals surface area contributed by atoms with E-state index in [1.807, 2.05) is 0 Å². The van der Waals surface area contributed by atoms with Crippen molar-refractivity contribution >= 4 is 0 Å². The maximum absolute atomic E-state index is 11.8. The zero-order valence-electron chi connectivity index (χ0n) is 5.57. The highest BCUT2D eigenvalue weighted by molar-refractivity contribution is 5.15. The van der Waals surface area contributed by atoms with Gasteiger partial charge in [0.15, 0.2) is 5.69 Å². The lowest BCUT2D eigenvalue weighted by molar-refractivity contribution is -0.141. The molecule has 0 unspecified atom stereocenters. The molecule has 0 aliphatic carbocycles. The minimum atomic E-state index is -4.41. The van der Waals surface area contributed by atoms with Gasteiger partial charge >= 0.3 is 6.18 Å². The third kappa shape index (κ3) is 1.63. The quantitative estimate of drug-likeness (QED) is 0.685. The summed E-state index contributed by atoms with van der Waals surface area (Å²) in [6.07, 6.45) is -4.41. The molecule has 0 aliphatic heterocycles. The van der Waals surface area contributed by atoms with Crippen LogP contribution in [0.4, 0.5) is 13.2 Å². The van der Waals surface area contributed by atoms with Crippen molar-refractivity contribution in [2.45, 2.75) is 6.18 Å². The van der Waals surface area contributed by atoms with Crippen LogP contribution in [0.1, 0.15) is 5.69 Å². The van der Waals surface area contributed by atoms with Gasteiger partial charge in [0, 0.05) is 6.07 Å². The molecule has 0 radical (unpaired) electrons. The third-order valence-corrected chi connectivity index (χ3v) is 1.06. The first-order valence-electron chi connectivity index (χ1n) is 2.70. The van der Waals surface area contributed by atoms with Crippen molar-refractivity contribution in [1.82, 2.24) is 10.2 Å². The Kier molecular flexibility index (Phi) is 1.76. The molecule has 0 spiro atoms. The Hall–Kier alpha value is -1.20. The van der Waals surface area contributed by atoms with E-state index in [0.29, 0.717) is 0 Å². The predicted octanol–water partition coefficient (Wildman–Crippen LogP) is 1.44. The first-order chi connectivity index (χ1) is 5.04. The smallest absolute Gasteiger partial charge is 0.435 e. The molecule has 6 heteroatoms. The summed E-state index contributed by atoms with van der Waals surface area (Å²) in [7, 11) is 1.26. The van der Waals surface area contributed by atoms with Crippen LogP contribution in [0.15, 0.2) is 6.07 Å². The summed E-state index contributed by atoms with van der Waals surface area (Å²) >= 11 is 0. The van der Waals surface area contributed by atoms with E-state index in [1.54, 1.807) is 0 Å². The highest BCUT2D eigenvalue weighted by Gasteiger charge is 2.33. The minimum Gasteiger partial charge on any atom is -0.481 e. The highest BCUT2D eigenvalue weighted by atomic mass is 19.4. The largest absolute Gasteiger partial charge is 0.481 e. The monoisotopic (exact) mass is 166 g/mol. The Morgan fingerprint density at radius 1 is 1.55 bits per heavy atom. The lowest BCUT2D eigenvalue weighted by Gasteiger charge is -1.98. The molecule has 0 bridgehead atoms. The maximum Gasteiger partial charge on any atom is 0.435 e. The number of H-pyrrole nitrogens is 1. The molecule has 11 heavy (non-hydrogen) atoms. The molecule has 0 fully saturated rings. The van der Waals surface area contributed by atoms with Crippen molar-refractivity contribution in [3.05, 3.63) is 11.8 Å². The molecule has 0 saturated carbocycles. The van der Waals surface area contributed by atoms with Crippen LogP contribution in [0, 0.1) is 0 Å². The van der Waals surface area contributed by atoms with Crippen LogP contribution < -0.4 is 4.74 Å². The highest BCUT2D eigenvalue weighted by Crippen LogP contribution is 2.28. The van der Waals surface area contributed by atoms with E-state index >= 15 is 0 Å². The molecule has 1 N–H and O–H groups in total. The molecule has 1 rings (SSSR count). The zero-order valence-corrected chi connectivity index (χ0v) is 5.57. The molecule has 1 aromatic heterocycles. The van der Waals surface area contributed by atoms with Crippen LogP contribution in [-0.2, 0) is 6.18 Å². The molecule has 3 nitrogen and oxygen atoms in total. The van der Waals surface area contributed by atoms with Crippen molar-refractivity contribution < 1.29 is 17.9 Å². The van der Waals surface area contributed by atoms with E-state index in [1.165, 1.54) is 7.11 Å². The van der Waals surface area contributed by atoms with E-state index in [0.717, 1.165) is 6.07 Å². The van der Waals surface area contributed by atoms with Gasteiger partial charge in [-0.25, -0.2) is 5.10 Å². The molecule has 0 amide bonds. The Bertz CT molecular complexity index is 242. The predicted molar refractivity (Wildman–Crippen MR) is 30.1 cm³/mol. The topological polar surface area (TPSA) is 37.9 Å². The van der Waals surface area contributed by atoms with Gasteiger partial charge in [0.1, 0.15) is 0 Å². The zero-order chi connectivity index (χ0) is 8.48. The number of hydrogen-bond acceptors (Lipinski definition) is 2. The number of nitrogens with zero attached hydrogens (tertiary/aromatic N) is 1. The third-order valence-electron chi connectivity index (χ3n) is 1.06. The fraction of sp³-hybridized carbons (Fsp3) is 0.400. The number of alkyl halides is 3. The molecule has 1 heterocycles. The van der Waals surface area contributed by atoms with Gasteiger partial charge in [0.05, 0.1) is 7.11 Å². The average molecular weight is 166 g/mol. The van der Waals surface area contributed by atoms with Gasteiger partial charge in [-0.05, 0) is 0 Å². The summed E-state index contributed by atoms with van der Waals surface area (Å²) < 4.78 is 39.9. The van der Waals surface area contributed by atoms with E-state index in [-0.39, 0.29) is 5.88 Å². The van der Waals surface area contributed by atoms with Crippen LogP contribution in [0.5, 0.6) is 5.88 Å². The Balaban J connectivity index is 2.89. The standard InChI is InChI=1S/C5H5F3N2O/c1-11-4-2-3(9-10-4)5(6,7)8/h2H,1H3,(H,9,10). The van der Waals surface area contributed by atoms with Crippen LogP contribution in [0.3, 0.4) is 0 Å². The fourth-order valence-corrected chi connectivity index (χ4v) is 0.554. The molecular formula is C5H5F3N2O. The molecule has 0 aliphatic rings. The van der Waals surface area contributed by atoms with E-state index in [2.05, 4.69) is 14.9 Å². The number of halogens is 3. The second kappa shape index (κ2) is 2.44. The number of nitrogens with one attached hydrogen (secondary N) is 1. The Morgan fingerprint density at radius 3 is 2.45 bits per heavy atom. The number of aromatic amines is 1. The molecule has 1 aromatic rings. The van der Waals surface area contributed by atoms with Gasteiger partial charge in [0.2, 0.25) is 5.88 Å². The van der Waals surface area contributed by atoms with Crippen molar-refractivity contribution in [2.24, 2.45) is 0 Å². The minimum absolute atomic E-state index is 0.00248. The van der Waals surface area contributed by atoms with Gasteiger partial charge in [-0.3, -0.25) is 0 Å². The Morgan fingerprint density at radius 2 is 2.18 bits per heavy atom. The van der Waals surface area contributed by atoms with E-state index < -0.39 is 11.9 Å². The summed E-state index contributed by atoms with van der Waals surface area (Å²) in [5.74, 6) is -0.00248. The number of methoxy groups -OCH3 is 1. The number of hydrogen-bond donors (Lipinski definition) is 1. The molecule has 0 atom stereocenters. The molecule has 62 valence electrons. The van der Waals surface area contributed by atoms with Crippen LogP contribution >= 0.6 is 0 Å². The van der Waals surface area contributed by atoms with Gasteiger partial charge in [-0.15, -0.1) is 0 Å². The summed E-state index contributed by atoms with van der Waals surface area (Å²) in [5, 5.41) is 5.05. The second-order valence-electron chi connectivity index (χ2n) is 1.82. The maximum atomic E-state index is 11.8.